The molecular formula is C13H12N4O. The second-order valence-electron chi connectivity index (χ2n) is 3.98. The zero-order valence-corrected chi connectivity index (χ0v) is 9.60. The van der Waals surface area contributed by atoms with E-state index in [0.29, 0.717) is 12.1 Å². The predicted molar refractivity (Wildman–Crippen MR) is 68.1 cm³/mol. The van der Waals surface area contributed by atoms with Crippen molar-refractivity contribution in [2.24, 2.45) is 0 Å². The molecule has 3 N–H and O–H groups in total. The average molecular weight is 240 g/mol. The van der Waals surface area contributed by atoms with Crippen LogP contribution in [0.15, 0.2) is 42.9 Å². The number of fused-ring (bicyclic) bond motifs is 1. The van der Waals surface area contributed by atoms with Crippen LogP contribution in [0, 0.1) is 0 Å². The Labute approximate surface area is 103 Å². The van der Waals surface area contributed by atoms with E-state index >= 15 is 0 Å². The van der Waals surface area contributed by atoms with E-state index in [-0.39, 0.29) is 5.91 Å². The number of nitrogens with one attached hydrogen (secondary N) is 3. The summed E-state index contributed by atoms with van der Waals surface area (Å²) in [7, 11) is 0. The first-order valence-electron chi connectivity index (χ1n) is 5.67. The first-order valence-corrected chi connectivity index (χ1v) is 5.67. The molecule has 3 rings (SSSR count). The van der Waals surface area contributed by atoms with Gasteiger partial charge < -0.3 is 15.3 Å². The van der Waals surface area contributed by atoms with Crippen molar-refractivity contribution < 1.29 is 4.79 Å². The molecule has 0 unspecified atom stereocenters. The van der Waals surface area contributed by atoms with Crippen LogP contribution in [0.2, 0.25) is 0 Å². The van der Waals surface area contributed by atoms with Crippen LogP contribution in [0.5, 0.6) is 0 Å². The quantitative estimate of drug-likeness (QED) is 0.653. The van der Waals surface area contributed by atoms with Gasteiger partial charge in [-0.3, -0.25) is 4.79 Å². The standard InChI is InChI=1S/C13H12N4O/c18-13(17-7-9-3-1-5-14-9)11-8-16-12-10(11)4-2-6-15-12/h1-6,8,14H,7H2,(H,15,16)(H,17,18). The number of hydrogen-bond acceptors (Lipinski definition) is 2. The molecule has 0 atom stereocenters. The second kappa shape index (κ2) is 4.37. The number of pyridine rings is 1. The third-order valence-corrected chi connectivity index (χ3v) is 2.80. The van der Waals surface area contributed by atoms with E-state index < -0.39 is 0 Å². The Morgan fingerprint density at radius 2 is 2.22 bits per heavy atom. The van der Waals surface area contributed by atoms with Crippen LogP contribution in [-0.2, 0) is 6.54 Å². The van der Waals surface area contributed by atoms with Crippen molar-refractivity contribution >= 4 is 16.9 Å². The van der Waals surface area contributed by atoms with Crippen molar-refractivity contribution in [2.45, 2.75) is 6.54 Å². The summed E-state index contributed by atoms with van der Waals surface area (Å²) in [6, 6.07) is 7.52. The lowest BCUT2D eigenvalue weighted by Gasteiger charge is -2.02. The number of carbonyl (C=O) groups is 1. The van der Waals surface area contributed by atoms with Gasteiger partial charge in [0.1, 0.15) is 5.65 Å². The second-order valence-corrected chi connectivity index (χ2v) is 3.98. The molecule has 0 aliphatic heterocycles. The molecule has 18 heavy (non-hydrogen) atoms. The molecule has 0 aliphatic rings. The van der Waals surface area contributed by atoms with Crippen LogP contribution in [0.4, 0.5) is 0 Å². The summed E-state index contributed by atoms with van der Waals surface area (Å²) in [6.45, 7) is 0.485. The predicted octanol–water partition coefficient (Wildman–Crippen LogP) is 1.82. The van der Waals surface area contributed by atoms with E-state index in [1.54, 1.807) is 12.4 Å². The summed E-state index contributed by atoms with van der Waals surface area (Å²) < 4.78 is 0. The average Bonchev–Trinajstić information content (AvgIpc) is 3.05. The maximum absolute atomic E-state index is 12.0. The molecule has 0 aliphatic carbocycles. The van der Waals surface area contributed by atoms with E-state index in [0.717, 1.165) is 16.7 Å². The SMILES string of the molecule is O=C(NCc1ccc[nH]1)c1c[nH]c2ncccc12. The zero-order chi connectivity index (χ0) is 12.4. The number of carbonyl (C=O) groups excluding carboxylic acids is 1. The number of nitrogens with zero attached hydrogens (tertiary/aromatic N) is 1. The maximum atomic E-state index is 12.0. The Morgan fingerprint density at radius 3 is 3.06 bits per heavy atom. The highest BCUT2D eigenvalue weighted by Crippen LogP contribution is 2.15. The zero-order valence-electron chi connectivity index (χ0n) is 9.60. The fraction of sp³-hybridized carbons (Fsp3) is 0.0769. The minimum absolute atomic E-state index is 0.108. The van der Waals surface area contributed by atoms with Gasteiger partial charge in [0.05, 0.1) is 12.1 Å². The third kappa shape index (κ3) is 1.86. The van der Waals surface area contributed by atoms with Gasteiger partial charge in [0.2, 0.25) is 0 Å². The van der Waals surface area contributed by atoms with E-state index in [4.69, 9.17) is 0 Å². The van der Waals surface area contributed by atoms with Crippen molar-refractivity contribution in [1.29, 1.82) is 0 Å². The van der Waals surface area contributed by atoms with E-state index in [2.05, 4.69) is 20.3 Å². The van der Waals surface area contributed by atoms with E-state index in [9.17, 15) is 4.79 Å². The Balaban J connectivity index is 1.80. The van der Waals surface area contributed by atoms with Crippen LogP contribution >= 0.6 is 0 Å². The summed E-state index contributed by atoms with van der Waals surface area (Å²) in [5, 5.41) is 3.70. The molecule has 0 spiro atoms. The number of aromatic amines is 2. The smallest absolute Gasteiger partial charge is 0.253 e. The Hall–Kier alpha value is -2.56. The molecule has 0 saturated heterocycles. The number of amides is 1. The lowest BCUT2D eigenvalue weighted by Crippen LogP contribution is -2.22. The van der Waals surface area contributed by atoms with Crippen molar-refractivity contribution in [1.82, 2.24) is 20.3 Å². The molecule has 0 saturated carbocycles. The van der Waals surface area contributed by atoms with Crippen LogP contribution < -0.4 is 5.32 Å². The summed E-state index contributed by atoms with van der Waals surface area (Å²) in [6.07, 6.45) is 5.21. The molecule has 0 bridgehead atoms. The Bertz CT molecular complexity index is 669. The molecule has 3 aromatic heterocycles. The van der Waals surface area contributed by atoms with Crippen LogP contribution in [0.25, 0.3) is 11.0 Å². The highest BCUT2D eigenvalue weighted by atomic mass is 16.1. The molecule has 90 valence electrons. The van der Waals surface area contributed by atoms with Gasteiger partial charge in [0.15, 0.2) is 0 Å². The molecule has 0 aromatic carbocycles. The van der Waals surface area contributed by atoms with Gasteiger partial charge in [0.25, 0.3) is 5.91 Å². The van der Waals surface area contributed by atoms with E-state index in [1.165, 1.54) is 0 Å². The maximum Gasteiger partial charge on any atom is 0.253 e. The monoisotopic (exact) mass is 240 g/mol. The summed E-state index contributed by atoms with van der Waals surface area (Å²) in [5.74, 6) is -0.108. The highest BCUT2D eigenvalue weighted by Gasteiger charge is 2.11. The third-order valence-electron chi connectivity index (χ3n) is 2.80. The van der Waals surface area contributed by atoms with Crippen LogP contribution in [0.1, 0.15) is 16.1 Å². The van der Waals surface area contributed by atoms with Crippen molar-refractivity contribution in [3.8, 4) is 0 Å². The van der Waals surface area contributed by atoms with Gasteiger partial charge in [-0.25, -0.2) is 4.98 Å². The van der Waals surface area contributed by atoms with Crippen LogP contribution in [-0.4, -0.2) is 20.9 Å². The highest BCUT2D eigenvalue weighted by molar-refractivity contribution is 6.05. The molecule has 0 fully saturated rings. The minimum atomic E-state index is -0.108. The molecule has 5 nitrogen and oxygen atoms in total. The van der Waals surface area contributed by atoms with Gasteiger partial charge in [0, 0.05) is 29.7 Å². The molecule has 5 heteroatoms. The van der Waals surface area contributed by atoms with Gasteiger partial charge in [-0.2, -0.15) is 0 Å². The topological polar surface area (TPSA) is 73.6 Å². The normalized spacial score (nSPS) is 10.7. The molecule has 3 heterocycles. The van der Waals surface area contributed by atoms with Gasteiger partial charge in [-0.15, -0.1) is 0 Å². The summed E-state index contributed by atoms with van der Waals surface area (Å²) >= 11 is 0. The van der Waals surface area contributed by atoms with Crippen molar-refractivity contribution in [2.75, 3.05) is 0 Å². The molecular weight excluding hydrogens is 228 g/mol. The number of aromatic nitrogens is 3. The fourth-order valence-corrected chi connectivity index (χ4v) is 1.89. The largest absolute Gasteiger partial charge is 0.364 e. The minimum Gasteiger partial charge on any atom is -0.364 e. The number of H-pyrrole nitrogens is 2. The molecule has 3 aromatic rings. The summed E-state index contributed by atoms with van der Waals surface area (Å²) in [5.41, 5.74) is 2.31. The van der Waals surface area contributed by atoms with Gasteiger partial charge in [-0.1, -0.05) is 0 Å². The summed E-state index contributed by atoms with van der Waals surface area (Å²) in [4.78, 5) is 22.2. The lowest BCUT2D eigenvalue weighted by atomic mass is 10.2. The number of rotatable bonds is 3. The Morgan fingerprint density at radius 1 is 1.28 bits per heavy atom. The van der Waals surface area contributed by atoms with E-state index in [1.807, 2.05) is 30.5 Å². The molecule has 1 amide bonds. The number of hydrogen-bond donors (Lipinski definition) is 3. The Kier molecular flexibility index (Phi) is 2.57. The van der Waals surface area contributed by atoms with Crippen LogP contribution in [0.3, 0.4) is 0 Å². The van der Waals surface area contributed by atoms with Crippen molar-refractivity contribution in [3.63, 3.8) is 0 Å². The van der Waals surface area contributed by atoms with Crippen molar-refractivity contribution in [3.05, 3.63) is 54.1 Å². The first kappa shape index (κ1) is 10.6. The fourth-order valence-electron chi connectivity index (χ4n) is 1.89. The van der Waals surface area contributed by atoms with Gasteiger partial charge in [-0.05, 0) is 24.3 Å². The first-order chi connectivity index (χ1) is 8.84. The van der Waals surface area contributed by atoms with Gasteiger partial charge >= 0.3 is 0 Å². The molecule has 0 radical (unpaired) electrons. The lowest BCUT2D eigenvalue weighted by molar-refractivity contribution is 0.0952.